The average Bonchev–Trinajstić information content (AvgIpc) is 2.59. The fourth-order valence-electron chi connectivity index (χ4n) is 1.57. The third-order valence-corrected chi connectivity index (χ3v) is 2.32. The molecule has 1 N–H and O–H groups in total. The highest BCUT2D eigenvalue weighted by molar-refractivity contribution is 6.61. The molecular formula is C9H11BO4. The summed E-state index contributed by atoms with van der Waals surface area (Å²) in [6, 6.07) is 3.54. The van der Waals surface area contributed by atoms with Crippen LogP contribution in [0.2, 0.25) is 0 Å². The summed E-state index contributed by atoms with van der Waals surface area (Å²) in [5.41, 5.74) is 1.61. The largest absolute Gasteiger partial charge is 0.497 e. The van der Waals surface area contributed by atoms with Gasteiger partial charge in [-0.1, -0.05) is 0 Å². The Bertz CT molecular complexity index is 353. The molecule has 5 heteroatoms. The van der Waals surface area contributed by atoms with Crippen LogP contribution >= 0.6 is 0 Å². The molecule has 0 saturated heterocycles. The molecule has 0 bridgehead atoms. The van der Waals surface area contributed by atoms with Gasteiger partial charge in [-0.05, 0) is 11.5 Å². The first-order valence-electron chi connectivity index (χ1n) is 4.30. The Morgan fingerprint density at radius 1 is 1.36 bits per heavy atom. The Labute approximate surface area is 82.5 Å². The smallest absolute Gasteiger partial charge is 0.492 e. The highest BCUT2D eigenvalue weighted by atomic mass is 16.5. The minimum atomic E-state index is -0.867. The molecule has 1 aromatic carbocycles. The topological polar surface area (TPSA) is 47.9 Å². The highest BCUT2D eigenvalue weighted by Gasteiger charge is 2.30. The van der Waals surface area contributed by atoms with E-state index < -0.39 is 7.12 Å². The molecule has 0 aromatic heterocycles. The Morgan fingerprint density at radius 3 is 2.79 bits per heavy atom. The Hall–Kier alpha value is -1.20. The zero-order valence-electron chi connectivity index (χ0n) is 8.11. The number of ether oxygens (including phenoxy) is 2. The van der Waals surface area contributed by atoms with Gasteiger partial charge in [-0.25, -0.2) is 0 Å². The van der Waals surface area contributed by atoms with E-state index in [2.05, 4.69) is 0 Å². The maximum Gasteiger partial charge on any atom is 0.492 e. The third-order valence-electron chi connectivity index (χ3n) is 2.32. The summed E-state index contributed by atoms with van der Waals surface area (Å²) < 4.78 is 15.3. The van der Waals surface area contributed by atoms with Crippen molar-refractivity contribution in [1.82, 2.24) is 0 Å². The molecule has 4 nitrogen and oxygen atoms in total. The summed E-state index contributed by atoms with van der Waals surface area (Å²) in [5.74, 6) is 1.35. The molecule has 1 aliphatic heterocycles. The van der Waals surface area contributed by atoms with Crippen LogP contribution in [0, 0.1) is 0 Å². The van der Waals surface area contributed by atoms with Gasteiger partial charge in [-0.15, -0.1) is 0 Å². The maximum atomic E-state index is 9.49. The number of benzene rings is 1. The van der Waals surface area contributed by atoms with Crippen LogP contribution in [0.15, 0.2) is 12.1 Å². The molecule has 0 atom stereocenters. The average molecular weight is 194 g/mol. The molecular weight excluding hydrogens is 183 g/mol. The van der Waals surface area contributed by atoms with Gasteiger partial charge in [0, 0.05) is 11.6 Å². The molecule has 1 heterocycles. The second-order valence-electron chi connectivity index (χ2n) is 3.06. The minimum Gasteiger partial charge on any atom is -0.497 e. The monoisotopic (exact) mass is 194 g/mol. The molecule has 0 radical (unpaired) electrons. The van der Waals surface area contributed by atoms with Crippen molar-refractivity contribution in [2.75, 3.05) is 14.2 Å². The van der Waals surface area contributed by atoms with E-state index in [1.54, 1.807) is 26.4 Å². The maximum absolute atomic E-state index is 9.49. The summed E-state index contributed by atoms with van der Waals surface area (Å²) in [7, 11) is 2.29. The number of rotatable bonds is 2. The van der Waals surface area contributed by atoms with Gasteiger partial charge in [-0.3, -0.25) is 0 Å². The first kappa shape index (κ1) is 9.36. The summed E-state index contributed by atoms with van der Waals surface area (Å²) in [6.45, 7) is 0.379. The van der Waals surface area contributed by atoms with Crippen LogP contribution in [-0.4, -0.2) is 26.4 Å². The van der Waals surface area contributed by atoms with Gasteiger partial charge in [0.25, 0.3) is 0 Å². The molecule has 0 spiro atoms. The van der Waals surface area contributed by atoms with E-state index in [1.165, 1.54) is 0 Å². The van der Waals surface area contributed by atoms with Crippen molar-refractivity contribution in [2.24, 2.45) is 0 Å². The predicted molar refractivity (Wildman–Crippen MR) is 51.9 cm³/mol. The SMILES string of the molecule is COc1cc(OC)c2c(c1)B(O)OC2. The van der Waals surface area contributed by atoms with Crippen LogP contribution < -0.4 is 14.9 Å². The van der Waals surface area contributed by atoms with E-state index in [0.717, 1.165) is 11.0 Å². The summed E-state index contributed by atoms with van der Waals surface area (Å²) in [4.78, 5) is 0. The fraction of sp³-hybridized carbons (Fsp3) is 0.333. The lowest BCUT2D eigenvalue weighted by Crippen LogP contribution is -2.28. The molecule has 0 unspecified atom stereocenters. The van der Waals surface area contributed by atoms with E-state index in [9.17, 15) is 5.02 Å². The van der Waals surface area contributed by atoms with Crippen LogP contribution in [0.1, 0.15) is 5.56 Å². The Kier molecular flexibility index (Phi) is 2.35. The van der Waals surface area contributed by atoms with Crippen LogP contribution in [0.25, 0.3) is 0 Å². The normalized spacial score (nSPS) is 14.1. The van der Waals surface area contributed by atoms with Gasteiger partial charge < -0.3 is 19.2 Å². The van der Waals surface area contributed by atoms with Crippen molar-refractivity contribution in [2.45, 2.75) is 6.61 Å². The highest BCUT2D eigenvalue weighted by Crippen LogP contribution is 2.27. The molecule has 2 rings (SSSR count). The van der Waals surface area contributed by atoms with Crippen molar-refractivity contribution in [3.05, 3.63) is 17.7 Å². The first-order valence-corrected chi connectivity index (χ1v) is 4.30. The summed E-state index contributed by atoms with van der Waals surface area (Å²) >= 11 is 0. The minimum absolute atomic E-state index is 0.379. The lowest BCUT2D eigenvalue weighted by atomic mass is 9.79. The quantitative estimate of drug-likeness (QED) is 0.669. The molecule has 14 heavy (non-hydrogen) atoms. The van der Waals surface area contributed by atoms with Gasteiger partial charge >= 0.3 is 7.12 Å². The van der Waals surface area contributed by atoms with E-state index in [-0.39, 0.29) is 0 Å². The van der Waals surface area contributed by atoms with E-state index in [1.807, 2.05) is 0 Å². The lowest BCUT2D eigenvalue weighted by Gasteiger charge is -2.08. The van der Waals surface area contributed by atoms with Crippen molar-refractivity contribution >= 4 is 12.6 Å². The second kappa shape index (κ2) is 3.51. The van der Waals surface area contributed by atoms with Crippen LogP contribution in [0.3, 0.4) is 0 Å². The van der Waals surface area contributed by atoms with Crippen molar-refractivity contribution < 1.29 is 19.2 Å². The standard InChI is InChI=1S/C9H11BO4/c1-12-6-3-8-7(5-14-10(8)11)9(4-6)13-2/h3-4,11H,5H2,1-2H3. The van der Waals surface area contributed by atoms with Gasteiger partial charge in [0.2, 0.25) is 0 Å². The van der Waals surface area contributed by atoms with Crippen molar-refractivity contribution in [1.29, 1.82) is 0 Å². The van der Waals surface area contributed by atoms with E-state index in [0.29, 0.717) is 18.1 Å². The fourth-order valence-corrected chi connectivity index (χ4v) is 1.57. The van der Waals surface area contributed by atoms with Gasteiger partial charge in [0.05, 0.1) is 20.8 Å². The molecule has 0 aliphatic carbocycles. The zero-order chi connectivity index (χ0) is 10.1. The van der Waals surface area contributed by atoms with Crippen LogP contribution in [-0.2, 0) is 11.3 Å². The zero-order valence-corrected chi connectivity index (χ0v) is 8.11. The molecule has 0 saturated carbocycles. The van der Waals surface area contributed by atoms with Crippen LogP contribution in [0.4, 0.5) is 0 Å². The van der Waals surface area contributed by atoms with Crippen molar-refractivity contribution in [3.8, 4) is 11.5 Å². The number of methoxy groups -OCH3 is 2. The Balaban J connectivity index is 2.52. The third kappa shape index (κ3) is 1.34. The summed E-state index contributed by atoms with van der Waals surface area (Å²) in [6.07, 6.45) is 0. The van der Waals surface area contributed by atoms with Crippen LogP contribution in [0.5, 0.6) is 11.5 Å². The number of hydrogen-bond donors (Lipinski definition) is 1. The van der Waals surface area contributed by atoms with E-state index >= 15 is 0 Å². The van der Waals surface area contributed by atoms with Gasteiger partial charge in [0.1, 0.15) is 11.5 Å². The molecule has 0 fully saturated rings. The molecule has 0 amide bonds. The van der Waals surface area contributed by atoms with Gasteiger partial charge in [-0.2, -0.15) is 0 Å². The van der Waals surface area contributed by atoms with Crippen molar-refractivity contribution in [3.63, 3.8) is 0 Å². The lowest BCUT2D eigenvalue weighted by molar-refractivity contribution is 0.271. The number of hydrogen-bond acceptors (Lipinski definition) is 4. The second-order valence-corrected chi connectivity index (χ2v) is 3.06. The molecule has 1 aliphatic rings. The molecule has 74 valence electrons. The number of fused-ring (bicyclic) bond motifs is 1. The van der Waals surface area contributed by atoms with E-state index in [4.69, 9.17) is 14.1 Å². The molecule has 1 aromatic rings. The Morgan fingerprint density at radius 2 is 2.14 bits per heavy atom. The first-order chi connectivity index (χ1) is 6.76. The summed E-state index contributed by atoms with van der Waals surface area (Å²) in [5, 5.41) is 9.49. The predicted octanol–water partition coefficient (Wildman–Crippen LogP) is -0.0785. The van der Waals surface area contributed by atoms with Gasteiger partial charge in [0.15, 0.2) is 0 Å².